The fraction of sp³-hybridized carbons (Fsp3) is 0.458. The molecular formula is C24H30FNaO5S2. The van der Waals surface area contributed by atoms with E-state index in [1.165, 1.54) is 12.1 Å². The first-order chi connectivity index (χ1) is 15.0. The van der Waals surface area contributed by atoms with E-state index in [9.17, 15) is 24.5 Å². The molecule has 2 atom stereocenters. The largest absolute Gasteiger partial charge is 1.00 e. The number of thioether (sulfide) groups is 2. The summed E-state index contributed by atoms with van der Waals surface area (Å²) in [5.41, 5.74) is 1.56. The van der Waals surface area contributed by atoms with Gasteiger partial charge >= 0.3 is 29.6 Å². The molecule has 2 aromatic carbocycles. The molecule has 33 heavy (non-hydrogen) atoms. The van der Waals surface area contributed by atoms with Gasteiger partial charge in [0.05, 0.1) is 17.1 Å². The number of hydrogen-bond acceptors (Lipinski definition) is 7. The molecule has 0 saturated heterocycles. The predicted molar refractivity (Wildman–Crippen MR) is 126 cm³/mol. The number of halogens is 1. The summed E-state index contributed by atoms with van der Waals surface area (Å²) in [5.74, 6) is -1.15. The molecule has 9 heteroatoms. The van der Waals surface area contributed by atoms with E-state index in [1.807, 2.05) is 6.07 Å². The Morgan fingerprint density at radius 3 is 2.18 bits per heavy atom. The smallest absolute Gasteiger partial charge is 0.550 e. The van der Waals surface area contributed by atoms with Gasteiger partial charge in [0.2, 0.25) is 0 Å². The third-order valence-electron chi connectivity index (χ3n) is 4.28. The molecule has 0 unspecified atom stereocenters. The first kappa shape index (κ1) is 30.3. The molecule has 0 fully saturated rings. The van der Waals surface area contributed by atoms with Gasteiger partial charge in [0, 0.05) is 39.8 Å². The number of carbonyl (C=O) groups excluding carboxylic acids is 1. The first-order valence-corrected chi connectivity index (χ1v) is 12.3. The predicted octanol–water partition coefficient (Wildman–Crippen LogP) is 1.13. The Labute approximate surface area is 225 Å². The van der Waals surface area contributed by atoms with E-state index in [4.69, 9.17) is 4.74 Å². The number of rotatable bonds is 12. The number of aliphatic carboxylic acids is 1. The summed E-state index contributed by atoms with van der Waals surface area (Å²) in [6.07, 6.45) is -2.97. The second kappa shape index (κ2) is 14.6. The van der Waals surface area contributed by atoms with E-state index in [0.29, 0.717) is 11.0 Å². The molecule has 0 bridgehead atoms. The molecule has 0 aromatic heterocycles. The molecule has 5 nitrogen and oxygen atoms in total. The molecule has 176 valence electrons. The van der Waals surface area contributed by atoms with Crippen LogP contribution in [0.4, 0.5) is 4.39 Å². The zero-order valence-corrected chi connectivity index (χ0v) is 23.3. The molecule has 0 heterocycles. The van der Waals surface area contributed by atoms with E-state index in [0.717, 1.165) is 20.9 Å². The van der Waals surface area contributed by atoms with Crippen molar-refractivity contribution in [1.82, 2.24) is 0 Å². The normalized spacial score (nSPS) is 13.0. The third kappa shape index (κ3) is 10.6. The number of ether oxygens (including phenoxy) is 1. The number of carboxylic acids is 1. The fourth-order valence-electron chi connectivity index (χ4n) is 3.09. The van der Waals surface area contributed by atoms with Gasteiger partial charge < -0.3 is 24.9 Å². The van der Waals surface area contributed by atoms with Crippen molar-refractivity contribution in [2.45, 2.75) is 73.0 Å². The van der Waals surface area contributed by atoms with Gasteiger partial charge in [0.25, 0.3) is 0 Å². The van der Waals surface area contributed by atoms with Gasteiger partial charge in [-0.3, -0.25) is 0 Å². The number of carbonyl (C=O) groups is 1. The van der Waals surface area contributed by atoms with Crippen LogP contribution in [0.5, 0.6) is 5.75 Å². The Kier molecular flexibility index (Phi) is 13.4. The summed E-state index contributed by atoms with van der Waals surface area (Å²) < 4.78 is 19.6. The van der Waals surface area contributed by atoms with Crippen molar-refractivity contribution in [2.24, 2.45) is 0 Å². The van der Waals surface area contributed by atoms with Crippen LogP contribution in [-0.4, -0.2) is 45.5 Å². The van der Waals surface area contributed by atoms with Crippen LogP contribution in [0.15, 0.2) is 46.2 Å². The van der Waals surface area contributed by atoms with Crippen molar-refractivity contribution in [3.8, 4) is 16.9 Å². The van der Waals surface area contributed by atoms with Gasteiger partial charge in [0.1, 0.15) is 18.2 Å². The second-order valence-electron chi connectivity index (χ2n) is 8.07. The molecule has 2 rings (SSSR count). The minimum absolute atomic E-state index is 0. The zero-order chi connectivity index (χ0) is 23.8. The molecule has 0 saturated carbocycles. The Hall–Kier alpha value is -0.740. The van der Waals surface area contributed by atoms with Gasteiger partial charge in [-0.15, -0.1) is 23.5 Å². The van der Waals surface area contributed by atoms with E-state index in [1.54, 1.807) is 35.7 Å². The topological polar surface area (TPSA) is 89.8 Å². The van der Waals surface area contributed by atoms with Gasteiger partial charge in [-0.25, -0.2) is 4.39 Å². The number of hydrogen-bond donors (Lipinski definition) is 2. The van der Waals surface area contributed by atoms with Crippen molar-refractivity contribution in [1.29, 1.82) is 0 Å². The molecule has 0 aliphatic rings. The maximum absolute atomic E-state index is 13.5. The average Bonchev–Trinajstić information content (AvgIpc) is 2.65. The van der Waals surface area contributed by atoms with Crippen molar-refractivity contribution in [3.63, 3.8) is 0 Å². The average molecular weight is 505 g/mol. The number of carboxylic acid groups (broad SMARTS) is 1. The van der Waals surface area contributed by atoms with Crippen molar-refractivity contribution in [2.75, 3.05) is 6.61 Å². The Morgan fingerprint density at radius 2 is 1.64 bits per heavy atom. The van der Waals surface area contributed by atoms with Crippen LogP contribution in [-0.2, 0) is 4.79 Å². The van der Waals surface area contributed by atoms with Crippen LogP contribution >= 0.6 is 23.5 Å². The summed E-state index contributed by atoms with van der Waals surface area (Å²) in [4.78, 5) is 12.6. The Balaban J connectivity index is 0.00000544. The Morgan fingerprint density at radius 1 is 1.03 bits per heavy atom. The monoisotopic (exact) mass is 504 g/mol. The molecule has 0 aliphatic carbocycles. The van der Waals surface area contributed by atoms with Gasteiger partial charge in [-0.1, -0.05) is 39.8 Å². The van der Waals surface area contributed by atoms with Crippen molar-refractivity contribution in [3.05, 3.63) is 42.2 Å². The summed E-state index contributed by atoms with van der Waals surface area (Å²) in [5, 5.41) is 31.3. The summed E-state index contributed by atoms with van der Waals surface area (Å²) in [6, 6.07) is 10.2. The van der Waals surface area contributed by atoms with Crippen LogP contribution in [0.1, 0.15) is 40.5 Å². The van der Waals surface area contributed by atoms with Crippen LogP contribution in [0.3, 0.4) is 0 Å². The van der Waals surface area contributed by atoms with E-state index in [-0.39, 0.29) is 53.7 Å². The number of aliphatic hydroxyl groups is 2. The second-order valence-corrected chi connectivity index (χ2v) is 11.3. The van der Waals surface area contributed by atoms with E-state index in [2.05, 4.69) is 33.8 Å². The molecule has 0 aliphatic heterocycles. The Bertz CT molecular complexity index is 893. The van der Waals surface area contributed by atoms with Gasteiger partial charge in [0.15, 0.2) is 0 Å². The molecule has 0 spiro atoms. The molecule has 2 N–H and O–H groups in total. The fourth-order valence-corrected chi connectivity index (χ4v) is 5.06. The van der Waals surface area contributed by atoms with Gasteiger partial charge in [-0.05, 0) is 29.8 Å². The summed E-state index contributed by atoms with van der Waals surface area (Å²) in [7, 11) is 0. The van der Waals surface area contributed by atoms with Crippen LogP contribution < -0.4 is 39.4 Å². The van der Waals surface area contributed by atoms with E-state index < -0.39 is 24.6 Å². The summed E-state index contributed by atoms with van der Waals surface area (Å²) >= 11 is 3.33. The van der Waals surface area contributed by atoms with Crippen LogP contribution in [0, 0.1) is 5.82 Å². The SMILES string of the molecule is CC(C)Sc1cc(SC(C)C)c(OC[C@@H](O)C[C@@H](O)CC(=O)[O-])c(-c2ccc(F)cc2)c1.[Na+]. The molecule has 0 amide bonds. The van der Waals surface area contributed by atoms with Crippen molar-refractivity contribution < 1.29 is 58.8 Å². The maximum atomic E-state index is 13.5. The minimum atomic E-state index is -1.38. The van der Waals surface area contributed by atoms with Crippen LogP contribution in [0.2, 0.25) is 0 Å². The van der Waals surface area contributed by atoms with Crippen molar-refractivity contribution >= 4 is 29.5 Å². The standard InChI is InChI=1S/C24H31FO5S2.Na/c1-14(2)31-20-11-21(16-5-7-17(25)8-6-16)24(22(12-20)32-15(3)4)30-13-19(27)9-18(26)10-23(28)29;/h5-8,11-12,14-15,18-19,26-27H,9-10,13H2,1-4H3,(H,28,29);/q;+1/p-1/t18-,19+;/m1./s1. The minimum Gasteiger partial charge on any atom is -0.550 e. The number of benzene rings is 2. The quantitative estimate of drug-likeness (QED) is 0.331. The third-order valence-corrected chi connectivity index (χ3v) is 6.29. The molecular weight excluding hydrogens is 474 g/mol. The molecule has 0 radical (unpaired) electrons. The van der Waals surface area contributed by atoms with Crippen LogP contribution in [0.25, 0.3) is 11.1 Å². The molecule has 2 aromatic rings. The van der Waals surface area contributed by atoms with E-state index >= 15 is 0 Å². The summed E-state index contributed by atoms with van der Waals surface area (Å²) in [6.45, 7) is 8.23. The maximum Gasteiger partial charge on any atom is 1.00 e. The zero-order valence-electron chi connectivity index (χ0n) is 19.7. The first-order valence-electron chi connectivity index (χ1n) is 10.5. The van der Waals surface area contributed by atoms with Gasteiger partial charge in [-0.2, -0.15) is 0 Å². The number of aliphatic hydroxyl groups excluding tert-OH is 2.